The molecule has 18 heavy (non-hydrogen) atoms. The summed E-state index contributed by atoms with van der Waals surface area (Å²) in [5.41, 5.74) is 2.48. The third-order valence-electron chi connectivity index (χ3n) is 5.61. The first-order chi connectivity index (χ1) is 8.32. The van der Waals surface area contributed by atoms with Crippen molar-refractivity contribution in [3.05, 3.63) is 11.6 Å². The molecular formula is C17H30O. The van der Waals surface area contributed by atoms with Gasteiger partial charge in [-0.3, -0.25) is 0 Å². The molecule has 1 spiro atoms. The molecule has 0 unspecified atom stereocenters. The van der Waals surface area contributed by atoms with Gasteiger partial charge in [-0.15, -0.1) is 0 Å². The van der Waals surface area contributed by atoms with Crippen molar-refractivity contribution in [1.82, 2.24) is 0 Å². The average molecular weight is 250 g/mol. The van der Waals surface area contributed by atoms with Gasteiger partial charge >= 0.3 is 0 Å². The van der Waals surface area contributed by atoms with Gasteiger partial charge in [0.05, 0.1) is 6.10 Å². The van der Waals surface area contributed by atoms with Crippen LogP contribution in [0.2, 0.25) is 0 Å². The van der Waals surface area contributed by atoms with Crippen molar-refractivity contribution in [3.8, 4) is 0 Å². The Labute approximate surface area is 113 Å². The summed E-state index contributed by atoms with van der Waals surface area (Å²) in [5.74, 6) is 1.53. The molecule has 1 nitrogen and oxygen atoms in total. The highest BCUT2D eigenvalue weighted by Gasteiger charge is 2.54. The topological polar surface area (TPSA) is 9.23 Å². The highest BCUT2D eigenvalue weighted by atomic mass is 16.5. The first-order valence-electron chi connectivity index (χ1n) is 7.57. The van der Waals surface area contributed by atoms with Crippen LogP contribution in [0.5, 0.6) is 0 Å². The fraction of sp³-hybridized carbons (Fsp3) is 0.882. The maximum atomic E-state index is 5.66. The van der Waals surface area contributed by atoms with Crippen LogP contribution in [0.3, 0.4) is 0 Å². The van der Waals surface area contributed by atoms with E-state index in [0.29, 0.717) is 22.9 Å². The van der Waals surface area contributed by atoms with Crippen LogP contribution in [0, 0.1) is 22.7 Å². The number of methoxy groups -OCH3 is 1. The predicted octanol–water partition coefficient (Wildman–Crippen LogP) is 4.82. The lowest BCUT2D eigenvalue weighted by atomic mass is 9.53. The molecule has 2 rings (SSSR count). The van der Waals surface area contributed by atoms with E-state index in [1.54, 1.807) is 5.57 Å². The molecule has 104 valence electrons. The first-order valence-corrected chi connectivity index (χ1v) is 7.57. The summed E-state index contributed by atoms with van der Waals surface area (Å²) in [5, 5.41) is 0. The fourth-order valence-corrected chi connectivity index (χ4v) is 4.57. The van der Waals surface area contributed by atoms with Crippen molar-refractivity contribution >= 4 is 0 Å². The molecule has 0 amide bonds. The lowest BCUT2D eigenvalue weighted by Crippen LogP contribution is -2.45. The second kappa shape index (κ2) is 4.67. The van der Waals surface area contributed by atoms with Crippen LogP contribution in [-0.4, -0.2) is 13.2 Å². The molecule has 2 aliphatic rings. The molecule has 0 aromatic carbocycles. The maximum Gasteiger partial charge on any atom is 0.0760 e. The maximum absolute atomic E-state index is 5.66. The Morgan fingerprint density at radius 1 is 1.28 bits per heavy atom. The Bertz CT molecular complexity index is 340. The lowest BCUT2D eigenvalue weighted by Gasteiger charge is -2.52. The zero-order valence-corrected chi connectivity index (χ0v) is 13.0. The van der Waals surface area contributed by atoms with E-state index >= 15 is 0 Å². The van der Waals surface area contributed by atoms with Crippen LogP contribution in [0.25, 0.3) is 0 Å². The van der Waals surface area contributed by atoms with Crippen LogP contribution >= 0.6 is 0 Å². The summed E-state index contributed by atoms with van der Waals surface area (Å²) in [6, 6.07) is 0. The molecular weight excluding hydrogens is 220 g/mol. The highest BCUT2D eigenvalue weighted by Crippen LogP contribution is 2.62. The molecule has 0 N–H and O–H groups in total. The molecule has 0 bridgehead atoms. The van der Waals surface area contributed by atoms with Gasteiger partial charge in [0.1, 0.15) is 0 Å². The number of allylic oxidation sites excluding steroid dienone is 1. The summed E-state index contributed by atoms with van der Waals surface area (Å²) < 4.78 is 5.66. The fourth-order valence-electron chi connectivity index (χ4n) is 4.57. The summed E-state index contributed by atoms with van der Waals surface area (Å²) in [4.78, 5) is 0. The Morgan fingerprint density at radius 2 is 1.94 bits per heavy atom. The van der Waals surface area contributed by atoms with E-state index in [1.807, 2.05) is 7.11 Å². The van der Waals surface area contributed by atoms with Gasteiger partial charge in [0.25, 0.3) is 0 Å². The molecule has 0 radical (unpaired) electrons. The van der Waals surface area contributed by atoms with Crippen molar-refractivity contribution < 1.29 is 4.74 Å². The van der Waals surface area contributed by atoms with Crippen LogP contribution in [-0.2, 0) is 4.74 Å². The standard InChI is InChI=1S/C17H30O/c1-12(2)15-9-14(18-6)11-16(4,5)17(15)8-7-13(3)10-17/h9,12-14H,7-8,10-11H2,1-6H3/t13-,14-,17+/m0/s1. The molecule has 0 heterocycles. The molecule has 2 aliphatic carbocycles. The van der Waals surface area contributed by atoms with Crippen LogP contribution in [0.1, 0.15) is 60.3 Å². The zero-order chi connectivity index (χ0) is 13.6. The van der Waals surface area contributed by atoms with Gasteiger partial charge in [-0.05, 0) is 48.3 Å². The Morgan fingerprint density at radius 3 is 2.39 bits per heavy atom. The zero-order valence-electron chi connectivity index (χ0n) is 13.0. The van der Waals surface area contributed by atoms with Gasteiger partial charge < -0.3 is 4.74 Å². The molecule has 3 atom stereocenters. The molecule has 0 saturated heterocycles. The SMILES string of the molecule is CO[C@H]1C=C(C(C)C)[C@]2(CC[C@H](C)C2)C(C)(C)C1. The summed E-state index contributed by atoms with van der Waals surface area (Å²) in [6.45, 7) is 12.1. The van der Waals surface area contributed by atoms with Crippen molar-refractivity contribution in [2.45, 2.75) is 66.4 Å². The van der Waals surface area contributed by atoms with Crippen LogP contribution in [0.15, 0.2) is 11.6 Å². The van der Waals surface area contributed by atoms with E-state index in [4.69, 9.17) is 4.74 Å². The van der Waals surface area contributed by atoms with Gasteiger partial charge in [0.2, 0.25) is 0 Å². The van der Waals surface area contributed by atoms with Gasteiger partial charge in [0.15, 0.2) is 0 Å². The van der Waals surface area contributed by atoms with E-state index in [1.165, 1.54) is 25.7 Å². The van der Waals surface area contributed by atoms with E-state index in [2.05, 4.69) is 40.7 Å². The summed E-state index contributed by atoms with van der Waals surface area (Å²) in [6.07, 6.45) is 8.09. The summed E-state index contributed by atoms with van der Waals surface area (Å²) >= 11 is 0. The minimum atomic E-state index is 0.318. The van der Waals surface area contributed by atoms with E-state index < -0.39 is 0 Å². The van der Waals surface area contributed by atoms with Crippen molar-refractivity contribution in [2.24, 2.45) is 22.7 Å². The van der Waals surface area contributed by atoms with Crippen LogP contribution in [0.4, 0.5) is 0 Å². The third kappa shape index (κ3) is 2.05. The normalized spacial score (nSPS) is 39.4. The predicted molar refractivity (Wildman–Crippen MR) is 77.6 cm³/mol. The lowest BCUT2D eigenvalue weighted by molar-refractivity contribution is 0.00870. The second-order valence-electron chi connectivity index (χ2n) is 7.57. The van der Waals surface area contributed by atoms with Crippen molar-refractivity contribution in [3.63, 3.8) is 0 Å². The Kier molecular flexibility index (Phi) is 3.66. The Hall–Kier alpha value is -0.300. The molecule has 0 aromatic heterocycles. The number of hydrogen-bond donors (Lipinski definition) is 0. The van der Waals surface area contributed by atoms with E-state index in [-0.39, 0.29) is 0 Å². The first kappa shape index (κ1) is 14.1. The highest BCUT2D eigenvalue weighted by molar-refractivity contribution is 5.28. The van der Waals surface area contributed by atoms with Crippen molar-refractivity contribution in [1.29, 1.82) is 0 Å². The molecule has 1 fully saturated rings. The van der Waals surface area contributed by atoms with E-state index in [9.17, 15) is 0 Å². The second-order valence-corrected chi connectivity index (χ2v) is 7.57. The van der Waals surface area contributed by atoms with Crippen molar-refractivity contribution in [2.75, 3.05) is 7.11 Å². The average Bonchev–Trinajstić information content (AvgIpc) is 2.66. The minimum absolute atomic E-state index is 0.318. The molecule has 1 saturated carbocycles. The number of hydrogen-bond acceptors (Lipinski definition) is 1. The quantitative estimate of drug-likeness (QED) is 0.638. The van der Waals surface area contributed by atoms with Gasteiger partial charge in [-0.2, -0.15) is 0 Å². The third-order valence-corrected chi connectivity index (χ3v) is 5.61. The van der Waals surface area contributed by atoms with Gasteiger partial charge in [-0.25, -0.2) is 0 Å². The minimum Gasteiger partial charge on any atom is -0.377 e. The summed E-state index contributed by atoms with van der Waals surface area (Å²) in [7, 11) is 1.85. The largest absolute Gasteiger partial charge is 0.377 e. The number of ether oxygens (including phenoxy) is 1. The number of rotatable bonds is 2. The Balaban J connectivity index is 2.45. The molecule has 1 heteroatoms. The van der Waals surface area contributed by atoms with E-state index in [0.717, 1.165) is 5.92 Å². The molecule has 0 aliphatic heterocycles. The van der Waals surface area contributed by atoms with Crippen LogP contribution < -0.4 is 0 Å². The molecule has 0 aromatic rings. The van der Waals surface area contributed by atoms with Gasteiger partial charge in [-0.1, -0.05) is 46.3 Å². The smallest absolute Gasteiger partial charge is 0.0760 e. The van der Waals surface area contributed by atoms with Gasteiger partial charge in [0, 0.05) is 7.11 Å². The monoisotopic (exact) mass is 250 g/mol.